The molecule has 3 nitrogen and oxygen atoms in total. The molecule has 2 rings (SSSR count). The smallest absolute Gasteiger partial charge is 0.268 e. The van der Waals surface area contributed by atoms with Crippen LogP contribution in [0, 0.1) is 0 Å². The number of H-pyrrole nitrogens is 1. The van der Waals surface area contributed by atoms with Crippen LogP contribution in [-0.4, -0.2) is 10.2 Å². The largest absolute Gasteiger partial charge is 0.294 e. The Kier molecular flexibility index (Phi) is 2.78. The average Bonchev–Trinajstić information content (AvgIpc) is 2.66. The highest BCUT2D eigenvalue weighted by Gasteiger charge is 2.11. The summed E-state index contributed by atoms with van der Waals surface area (Å²) in [5, 5.41) is 1.56. The number of rotatable bonds is 3. The van der Waals surface area contributed by atoms with E-state index in [4.69, 9.17) is 0 Å². The Labute approximate surface area is 90.5 Å². The Morgan fingerprint density at radius 2 is 2.00 bits per heavy atom. The molecule has 76 valence electrons. The highest BCUT2D eigenvalue weighted by molar-refractivity contribution is 7.03. The van der Waals surface area contributed by atoms with Crippen LogP contribution in [0.15, 0.2) is 40.5 Å². The number of carbonyl (C=O) groups excluding carboxylic acids is 1. The van der Waals surface area contributed by atoms with Crippen molar-refractivity contribution in [3.63, 3.8) is 0 Å². The van der Waals surface area contributed by atoms with Gasteiger partial charge in [0.1, 0.15) is 0 Å². The van der Waals surface area contributed by atoms with E-state index in [1.54, 1.807) is 5.38 Å². The van der Waals surface area contributed by atoms with Crippen molar-refractivity contribution in [2.75, 3.05) is 0 Å². The molecule has 0 amide bonds. The maximum Gasteiger partial charge on any atom is 0.268 e. The fraction of sp³-hybridized carbons (Fsp3) is 0.0909. The van der Waals surface area contributed by atoms with Gasteiger partial charge in [-0.05, 0) is 5.56 Å². The lowest BCUT2D eigenvalue weighted by atomic mass is 10.1. The minimum atomic E-state index is -0.291. The number of hydrogen-bond donors (Lipinski definition) is 1. The Bertz CT molecular complexity index is 513. The summed E-state index contributed by atoms with van der Waals surface area (Å²) < 4.78 is 2.50. The van der Waals surface area contributed by atoms with Crippen LogP contribution in [0.4, 0.5) is 0 Å². The minimum Gasteiger partial charge on any atom is -0.294 e. The molecular formula is C11H9NO2S. The number of aromatic amines is 1. The summed E-state index contributed by atoms with van der Waals surface area (Å²) in [5.41, 5.74) is 0.887. The number of Topliss-reactive ketones (excluding diaryl/α,β-unsaturated/α-hetero) is 1. The molecule has 0 aliphatic carbocycles. The van der Waals surface area contributed by atoms with Gasteiger partial charge in [-0.25, -0.2) is 0 Å². The molecule has 15 heavy (non-hydrogen) atoms. The predicted octanol–water partition coefficient (Wildman–Crippen LogP) is 1.86. The summed E-state index contributed by atoms with van der Waals surface area (Å²) in [6, 6.07) is 9.39. The Morgan fingerprint density at radius 1 is 1.27 bits per heavy atom. The zero-order chi connectivity index (χ0) is 10.7. The monoisotopic (exact) mass is 219 g/mol. The SMILES string of the molecule is O=C(Cc1ccccc1)c1cs[nH]c1=O. The lowest BCUT2D eigenvalue weighted by Crippen LogP contribution is -2.13. The van der Waals surface area contributed by atoms with E-state index < -0.39 is 0 Å². The number of ketones is 1. The fourth-order valence-electron chi connectivity index (χ4n) is 1.32. The van der Waals surface area contributed by atoms with Crippen molar-refractivity contribution in [1.29, 1.82) is 0 Å². The van der Waals surface area contributed by atoms with E-state index in [1.807, 2.05) is 30.3 Å². The molecule has 0 bridgehead atoms. The highest BCUT2D eigenvalue weighted by Crippen LogP contribution is 2.05. The van der Waals surface area contributed by atoms with Gasteiger partial charge in [0.2, 0.25) is 0 Å². The van der Waals surface area contributed by atoms with Crippen molar-refractivity contribution in [1.82, 2.24) is 4.37 Å². The van der Waals surface area contributed by atoms with Crippen LogP contribution < -0.4 is 5.56 Å². The van der Waals surface area contributed by atoms with Crippen molar-refractivity contribution in [2.24, 2.45) is 0 Å². The normalized spacial score (nSPS) is 10.1. The molecule has 0 unspecified atom stereocenters. The standard InChI is InChI=1S/C11H9NO2S/c13-10(9-7-15-12-11(9)14)6-8-4-2-1-3-5-8/h1-5,7H,6H2,(H,12,14). The second-order valence-corrected chi connectivity index (χ2v) is 3.84. The van der Waals surface area contributed by atoms with Gasteiger partial charge in [-0.15, -0.1) is 0 Å². The second-order valence-electron chi connectivity index (χ2n) is 3.17. The van der Waals surface area contributed by atoms with Gasteiger partial charge in [-0.2, -0.15) is 0 Å². The van der Waals surface area contributed by atoms with Gasteiger partial charge in [-0.1, -0.05) is 41.9 Å². The van der Waals surface area contributed by atoms with E-state index in [0.717, 1.165) is 17.1 Å². The minimum absolute atomic E-state index is 0.135. The third-order valence-electron chi connectivity index (χ3n) is 2.08. The summed E-state index contributed by atoms with van der Waals surface area (Å²) in [5.74, 6) is -0.135. The van der Waals surface area contributed by atoms with E-state index in [-0.39, 0.29) is 23.3 Å². The number of aromatic nitrogens is 1. The zero-order valence-corrected chi connectivity index (χ0v) is 8.71. The number of nitrogens with one attached hydrogen (secondary N) is 1. The number of benzene rings is 1. The van der Waals surface area contributed by atoms with Crippen molar-refractivity contribution >= 4 is 17.3 Å². The fourth-order valence-corrected chi connectivity index (χ4v) is 1.95. The highest BCUT2D eigenvalue weighted by atomic mass is 32.1. The van der Waals surface area contributed by atoms with Gasteiger partial charge in [0.25, 0.3) is 5.56 Å². The van der Waals surface area contributed by atoms with Crippen molar-refractivity contribution in [3.05, 3.63) is 57.2 Å². The van der Waals surface area contributed by atoms with Gasteiger partial charge in [0.05, 0.1) is 5.56 Å². The second kappa shape index (κ2) is 4.23. The molecule has 1 heterocycles. The topological polar surface area (TPSA) is 49.9 Å². The third kappa shape index (κ3) is 2.22. The number of hydrogen-bond acceptors (Lipinski definition) is 3. The molecule has 0 saturated heterocycles. The van der Waals surface area contributed by atoms with Gasteiger partial charge in [0.15, 0.2) is 5.78 Å². The lowest BCUT2D eigenvalue weighted by molar-refractivity contribution is 0.0992. The van der Waals surface area contributed by atoms with Crippen molar-refractivity contribution in [3.8, 4) is 0 Å². The molecule has 0 fully saturated rings. The van der Waals surface area contributed by atoms with Gasteiger partial charge >= 0.3 is 0 Å². The predicted molar refractivity (Wildman–Crippen MR) is 59.4 cm³/mol. The molecule has 4 heteroatoms. The molecule has 1 aromatic heterocycles. The first-order valence-corrected chi connectivity index (χ1v) is 5.38. The molecule has 0 radical (unpaired) electrons. The molecule has 0 atom stereocenters. The molecule has 0 spiro atoms. The summed E-state index contributed by atoms with van der Waals surface area (Å²) in [6.45, 7) is 0. The van der Waals surface area contributed by atoms with E-state index in [0.29, 0.717) is 0 Å². The summed E-state index contributed by atoms with van der Waals surface area (Å²) >= 11 is 1.15. The van der Waals surface area contributed by atoms with E-state index in [2.05, 4.69) is 4.37 Å². The molecule has 1 aromatic carbocycles. The van der Waals surface area contributed by atoms with Crippen LogP contribution in [0.2, 0.25) is 0 Å². The maximum atomic E-state index is 11.7. The molecule has 0 aliphatic heterocycles. The van der Waals surface area contributed by atoms with E-state index in [1.165, 1.54) is 0 Å². The Morgan fingerprint density at radius 3 is 2.60 bits per heavy atom. The van der Waals surface area contributed by atoms with Crippen LogP contribution >= 0.6 is 11.5 Å². The first-order valence-electron chi connectivity index (χ1n) is 4.50. The summed E-state index contributed by atoms with van der Waals surface area (Å²) in [6.07, 6.45) is 0.278. The first kappa shape index (κ1) is 9.86. The van der Waals surface area contributed by atoms with Crippen molar-refractivity contribution in [2.45, 2.75) is 6.42 Å². The number of carbonyl (C=O) groups is 1. The third-order valence-corrected chi connectivity index (χ3v) is 2.74. The van der Waals surface area contributed by atoms with E-state index in [9.17, 15) is 9.59 Å². The van der Waals surface area contributed by atoms with Crippen LogP contribution in [0.5, 0.6) is 0 Å². The Balaban J connectivity index is 2.18. The van der Waals surface area contributed by atoms with Crippen LogP contribution in [0.3, 0.4) is 0 Å². The van der Waals surface area contributed by atoms with E-state index >= 15 is 0 Å². The van der Waals surface area contributed by atoms with Crippen LogP contribution in [0.1, 0.15) is 15.9 Å². The molecule has 1 N–H and O–H groups in total. The van der Waals surface area contributed by atoms with Crippen molar-refractivity contribution < 1.29 is 4.79 Å². The van der Waals surface area contributed by atoms with Gasteiger partial charge in [0, 0.05) is 11.8 Å². The quantitative estimate of drug-likeness (QED) is 0.801. The molecule has 2 aromatic rings. The average molecular weight is 219 g/mol. The summed E-state index contributed by atoms with van der Waals surface area (Å²) in [4.78, 5) is 22.9. The Hall–Kier alpha value is -1.68. The summed E-state index contributed by atoms with van der Waals surface area (Å²) in [7, 11) is 0. The molecule has 0 aliphatic rings. The first-order chi connectivity index (χ1) is 7.27. The maximum absolute atomic E-state index is 11.7. The van der Waals surface area contributed by atoms with Crippen LogP contribution in [-0.2, 0) is 6.42 Å². The van der Waals surface area contributed by atoms with Crippen LogP contribution in [0.25, 0.3) is 0 Å². The van der Waals surface area contributed by atoms with Gasteiger partial charge in [-0.3, -0.25) is 14.0 Å². The van der Waals surface area contributed by atoms with Gasteiger partial charge < -0.3 is 0 Å². The molecular weight excluding hydrogens is 210 g/mol. The molecule has 0 saturated carbocycles. The zero-order valence-electron chi connectivity index (χ0n) is 7.90. The lowest BCUT2D eigenvalue weighted by Gasteiger charge is -1.97.